The van der Waals surface area contributed by atoms with Crippen molar-refractivity contribution in [2.45, 2.75) is 57.5 Å². The first-order chi connectivity index (χ1) is 13.6. The molecule has 2 aliphatic rings. The molecule has 1 aliphatic carbocycles. The molecule has 1 aromatic carbocycles. The van der Waals surface area contributed by atoms with Gasteiger partial charge < -0.3 is 16.0 Å². The summed E-state index contributed by atoms with van der Waals surface area (Å²) in [6, 6.07) is 10.2. The van der Waals surface area contributed by atoms with Gasteiger partial charge in [-0.1, -0.05) is 12.1 Å². The third-order valence-corrected chi connectivity index (χ3v) is 5.77. The van der Waals surface area contributed by atoms with Crippen molar-refractivity contribution in [2.75, 3.05) is 18.4 Å². The Kier molecular flexibility index (Phi) is 8.89. The molecule has 8 heteroatoms. The molecule has 1 saturated carbocycles. The number of carbonyl (C=O) groups excluding carboxylic acids is 1. The van der Waals surface area contributed by atoms with E-state index in [1.807, 2.05) is 42.2 Å². The van der Waals surface area contributed by atoms with Crippen LogP contribution in [0.2, 0.25) is 0 Å². The van der Waals surface area contributed by atoms with Crippen LogP contribution >= 0.6 is 24.8 Å². The first-order valence-electron chi connectivity index (χ1n) is 10.3. The number of likely N-dealkylation sites (tertiary alicyclic amines) is 1. The third-order valence-electron chi connectivity index (χ3n) is 5.77. The summed E-state index contributed by atoms with van der Waals surface area (Å²) in [6.07, 6.45) is 5.46. The summed E-state index contributed by atoms with van der Waals surface area (Å²) in [5, 5.41) is 3.39. The molecular formula is C22H31Cl2N5O. The van der Waals surface area contributed by atoms with Gasteiger partial charge in [-0.25, -0.2) is 9.97 Å². The highest BCUT2D eigenvalue weighted by atomic mass is 35.5. The van der Waals surface area contributed by atoms with Crippen molar-refractivity contribution in [3.63, 3.8) is 0 Å². The molecular weight excluding hydrogens is 421 g/mol. The van der Waals surface area contributed by atoms with Gasteiger partial charge in [-0.15, -0.1) is 24.8 Å². The molecule has 6 nitrogen and oxygen atoms in total. The van der Waals surface area contributed by atoms with Crippen LogP contribution < -0.4 is 11.1 Å². The number of carbonyl (C=O) groups is 1. The van der Waals surface area contributed by atoms with E-state index >= 15 is 0 Å². The fourth-order valence-corrected chi connectivity index (χ4v) is 4.03. The largest absolute Gasteiger partial charge is 0.366 e. The Hall–Kier alpha value is -1.89. The second-order valence-corrected chi connectivity index (χ2v) is 8.06. The molecule has 0 atom stereocenters. The summed E-state index contributed by atoms with van der Waals surface area (Å²) in [6.45, 7) is 4.35. The molecule has 30 heavy (non-hydrogen) atoms. The third kappa shape index (κ3) is 5.84. The van der Waals surface area contributed by atoms with Crippen molar-refractivity contribution < 1.29 is 4.79 Å². The van der Waals surface area contributed by atoms with E-state index in [9.17, 15) is 4.79 Å². The SMILES string of the molecule is Cc1nc(NCc2ccc(C(=O)N3CCCCC3)cc2)cc(C2CC(N)C2)n1.Cl.Cl. The van der Waals surface area contributed by atoms with Gasteiger partial charge >= 0.3 is 0 Å². The maximum absolute atomic E-state index is 12.6. The number of aryl methyl sites for hydroxylation is 1. The van der Waals surface area contributed by atoms with Crippen molar-refractivity contribution in [1.82, 2.24) is 14.9 Å². The molecule has 1 amide bonds. The molecule has 2 aromatic rings. The predicted octanol–water partition coefficient (Wildman–Crippen LogP) is 4.07. The van der Waals surface area contributed by atoms with E-state index < -0.39 is 0 Å². The number of nitrogens with two attached hydrogens (primary N) is 1. The molecule has 0 radical (unpaired) electrons. The zero-order chi connectivity index (χ0) is 19.5. The smallest absolute Gasteiger partial charge is 0.253 e. The number of aromatic nitrogens is 2. The number of benzene rings is 1. The van der Waals surface area contributed by atoms with Crippen LogP contribution in [0.25, 0.3) is 0 Å². The lowest BCUT2D eigenvalue weighted by Crippen LogP contribution is -2.35. The Bertz CT molecular complexity index is 834. The zero-order valence-electron chi connectivity index (χ0n) is 17.3. The predicted molar refractivity (Wildman–Crippen MR) is 125 cm³/mol. The van der Waals surface area contributed by atoms with Crippen LogP contribution in [0.5, 0.6) is 0 Å². The first-order valence-corrected chi connectivity index (χ1v) is 10.3. The normalized spacial score (nSPS) is 20.4. The van der Waals surface area contributed by atoms with Crippen LogP contribution in [0.15, 0.2) is 30.3 Å². The average molecular weight is 452 g/mol. The summed E-state index contributed by atoms with van der Waals surface area (Å²) < 4.78 is 0. The van der Waals surface area contributed by atoms with Crippen molar-refractivity contribution in [3.05, 3.63) is 53.0 Å². The van der Waals surface area contributed by atoms with Gasteiger partial charge in [0.1, 0.15) is 11.6 Å². The monoisotopic (exact) mass is 451 g/mol. The minimum atomic E-state index is 0. The van der Waals surface area contributed by atoms with E-state index in [1.54, 1.807) is 0 Å². The lowest BCUT2D eigenvalue weighted by atomic mass is 9.78. The Labute approximate surface area is 190 Å². The number of piperidine rings is 1. The summed E-state index contributed by atoms with van der Waals surface area (Å²) in [5.41, 5.74) is 8.89. The number of hydrogen-bond donors (Lipinski definition) is 2. The number of halogens is 2. The fraction of sp³-hybridized carbons (Fsp3) is 0.500. The molecule has 1 aromatic heterocycles. The summed E-state index contributed by atoms with van der Waals surface area (Å²) in [5.74, 6) is 2.23. The van der Waals surface area contributed by atoms with Crippen LogP contribution in [0.4, 0.5) is 5.82 Å². The van der Waals surface area contributed by atoms with E-state index in [1.165, 1.54) is 6.42 Å². The number of hydrogen-bond acceptors (Lipinski definition) is 5. The highest BCUT2D eigenvalue weighted by molar-refractivity contribution is 5.94. The molecule has 164 valence electrons. The maximum Gasteiger partial charge on any atom is 0.253 e. The number of amides is 1. The number of nitrogens with zero attached hydrogens (tertiary/aromatic N) is 3. The van der Waals surface area contributed by atoms with Crippen LogP contribution in [-0.2, 0) is 6.54 Å². The fourth-order valence-electron chi connectivity index (χ4n) is 4.03. The van der Waals surface area contributed by atoms with Gasteiger partial charge in [-0.3, -0.25) is 4.79 Å². The Morgan fingerprint density at radius 2 is 1.77 bits per heavy atom. The minimum Gasteiger partial charge on any atom is -0.366 e. The molecule has 3 N–H and O–H groups in total. The maximum atomic E-state index is 12.6. The molecule has 4 rings (SSSR count). The highest BCUT2D eigenvalue weighted by Gasteiger charge is 2.29. The molecule has 0 unspecified atom stereocenters. The number of anilines is 1. The van der Waals surface area contributed by atoms with Crippen molar-refractivity contribution >= 4 is 36.5 Å². The first kappa shape index (κ1) is 24.4. The van der Waals surface area contributed by atoms with E-state index in [4.69, 9.17) is 5.73 Å². The topological polar surface area (TPSA) is 84.1 Å². The molecule has 0 bridgehead atoms. The van der Waals surface area contributed by atoms with Gasteiger partial charge in [0.25, 0.3) is 5.91 Å². The zero-order valence-corrected chi connectivity index (χ0v) is 19.0. The minimum absolute atomic E-state index is 0. The second kappa shape index (κ2) is 10.9. The standard InChI is InChI=1S/C22H29N5O.2ClH/c1-15-25-20(18-11-19(23)12-18)13-21(26-15)24-14-16-5-7-17(8-6-16)22(28)27-9-3-2-4-10-27;;/h5-8,13,18-19H,2-4,9-12,14,23H2,1H3,(H,24,25,26);2*1H. The number of rotatable bonds is 5. The molecule has 0 spiro atoms. The van der Waals surface area contributed by atoms with Crippen LogP contribution in [-0.4, -0.2) is 39.9 Å². The summed E-state index contributed by atoms with van der Waals surface area (Å²) in [7, 11) is 0. The molecule has 1 aliphatic heterocycles. The van der Waals surface area contributed by atoms with E-state index in [2.05, 4.69) is 15.3 Å². The second-order valence-electron chi connectivity index (χ2n) is 8.06. The van der Waals surface area contributed by atoms with E-state index in [0.717, 1.165) is 67.2 Å². The number of nitrogens with one attached hydrogen (secondary N) is 1. The highest BCUT2D eigenvalue weighted by Crippen LogP contribution is 2.35. The van der Waals surface area contributed by atoms with E-state index in [0.29, 0.717) is 18.5 Å². The van der Waals surface area contributed by atoms with Gasteiger partial charge in [-0.05, 0) is 56.7 Å². The van der Waals surface area contributed by atoms with E-state index in [-0.39, 0.29) is 30.7 Å². The molecule has 2 fully saturated rings. The van der Waals surface area contributed by atoms with Crippen molar-refractivity contribution in [1.29, 1.82) is 0 Å². The van der Waals surface area contributed by atoms with Gasteiger partial charge in [0.05, 0.1) is 0 Å². The Morgan fingerprint density at radius 1 is 1.10 bits per heavy atom. The van der Waals surface area contributed by atoms with Gasteiger partial charge in [0.15, 0.2) is 0 Å². The molecule has 2 heterocycles. The van der Waals surface area contributed by atoms with Crippen molar-refractivity contribution in [2.24, 2.45) is 5.73 Å². The van der Waals surface area contributed by atoms with Crippen molar-refractivity contribution in [3.8, 4) is 0 Å². The quantitative estimate of drug-likeness (QED) is 0.715. The average Bonchev–Trinajstić information content (AvgIpc) is 2.70. The Balaban J connectivity index is 0.00000160. The lowest BCUT2D eigenvalue weighted by molar-refractivity contribution is 0.0724. The summed E-state index contributed by atoms with van der Waals surface area (Å²) in [4.78, 5) is 23.6. The molecule has 1 saturated heterocycles. The Morgan fingerprint density at radius 3 is 2.40 bits per heavy atom. The lowest BCUT2D eigenvalue weighted by Gasteiger charge is -2.32. The van der Waals surface area contributed by atoms with Crippen LogP contribution in [0, 0.1) is 6.92 Å². The van der Waals surface area contributed by atoms with Gasteiger partial charge in [-0.2, -0.15) is 0 Å². The van der Waals surface area contributed by atoms with Gasteiger partial charge in [0, 0.05) is 48.9 Å². The van der Waals surface area contributed by atoms with Crippen LogP contribution in [0.1, 0.15) is 65.5 Å². The van der Waals surface area contributed by atoms with Crippen LogP contribution in [0.3, 0.4) is 0 Å². The van der Waals surface area contributed by atoms with Gasteiger partial charge in [0.2, 0.25) is 0 Å². The summed E-state index contributed by atoms with van der Waals surface area (Å²) >= 11 is 0.